The zero-order chi connectivity index (χ0) is 9.30. The van der Waals surface area contributed by atoms with Gasteiger partial charge in [-0.15, -0.1) is 0 Å². The molecule has 2 nitrogen and oxygen atoms in total. The average molecular weight is 233 g/mol. The Labute approximate surface area is 78.3 Å². The molecule has 0 unspecified atom stereocenters. The second-order valence-electron chi connectivity index (χ2n) is 2.50. The van der Waals surface area contributed by atoms with E-state index in [0.29, 0.717) is 4.47 Å². The molecule has 0 fully saturated rings. The highest BCUT2D eigenvalue weighted by Crippen LogP contribution is 2.15. The summed E-state index contributed by atoms with van der Waals surface area (Å²) in [7, 11) is -1.76. The summed E-state index contributed by atoms with van der Waals surface area (Å²) in [6.45, 7) is 1.72. The van der Waals surface area contributed by atoms with Crippen molar-refractivity contribution in [1.29, 1.82) is 0 Å². The molecule has 5 heteroatoms. The molecule has 0 aliphatic carbocycles. The van der Waals surface area contributed by atoms with Crippen LogP contribution in [0.4, 0.5) is 4.39 Å². The molecule has 12 heavy (non-hydrogen) atoms. The van der Waals surface area contributed by atoms with Crippen molar-refractivity contribution in [1.82, 2.24) is 0 Å². The van der Waals surface area contributed by atoms with Gasteiger partial charge in [0.25, 0.3) is 0 Å². The summed E-state index contributed by atoms with van der Waals surface area (Å²) < 4.78 is 13.6. The maximum absolute atomic E-state index is 12.9. The molecule has 0 heterocycles. The van der Waals surface area contributed by atoms with Gasteiger partial charge in [-0.3, -0.25) is 0 Å². The van der Waals surface area contributed by atoms with Crippen molar-refractivity contribution in [3.8, 4) is 0 Å². The molecule has 1 rings (SSSR count). The quantitative estimate of drug-likeness (QED) is 0.696. The van der Waals surface area contributed by atoms with E-state index in [9.17, 15) is 4.39 Å². The molecule has 0 spiro atoms. The predicted octanol–water partition coefficient (Wildman–Crippen LogP) is 0.576. The predicted molar refractivity (Wildman–Crippen MR) is 48.7 cm³/mol. The van der Waals surface area contributed by atoms with E-state index < -0.39 is 12.9 Å². The van der Waals surface area contributed by atoms with Crippen LogP contribution in [0.25, 0.3) is 0 Å². The topological polar surface area (TPSA) is 40.5 Å². The van der Waals surface area contributed by atoms with Crippen LogP contribution in [-0.2, 0) is 0 Å². The zero-order valence-electron chi connectivity index (χ0n) is 6.38. The van der Waals surface area contributed by atoms with Gasteiger partial charge in [0.05, 0.1) is 0 Å². The first-order chi connectivity index (χ1) is 5.52. The van der Waals surface area contributed by atoms with Gasteiger partial charge in [-0.1, -0.05) is 15.9 Å². The van der Waals surface area contributed by atoms with E-state index >= 15 is 0 Å². The van der Waals surface area contributed by atoms with E-state index in [2.05, 4.69) is 15.9 Å². The fraction of sp³-hybridized carbons (Fsp3) is 0.143. The lowest BCUT2D eigenvalue weighted by Crippen LogP contribution is -2.32. The Morgan fingerprint density at radius 3 is 2.50 bits per heavy atom. The van der Waals surface area contributed by atoms with E-state index in [1.165, 1.54) is 12.1 Å². The first-order valence-electron chi connectivity index (χ1n) is 3.34. The number of halogens is 2. The third-order valence-electron chi connectivity index (χ3n) is 1.56. The Balaban J connectivity index is 3.23. The molecule has 0 radical (unpaired) electrons. The molecule has 0 atom stereocenters. The van der Waals surface area contributed by atoms with Gasteiger partial charge in [0.2, 0.25) is 0 Å². The Bertz CT molecular complexity index is 304. The minimum atomic E-state index is -1.76. The summed E-state index contributed by atoms with van der Waals surface area (Å²) in [5.41, 5.74) is 0.601. The van der Waals surface area contributed by atoms with Gasteiger partial charge < -0.3 is 10.0 Å². The Kier molecular flexibility index (Phi) is 2.87. The van der Waals surface area contributed by atoms with Crippen LogP contribution in [0.5, 0.6) is 0 Å². The molecule has 0 saturated carbocycles. The molecular weight excluding hydrogens is 226 g/mol. The largest absolute Gasteiger partial charge is 0.491 e. The minimum Gasteiger partial charge on any atom is -0.423 e. The van der Waals surface area contributed by atoms with Crippen molar-refractivity contribution in [2.24, 2.45) is 0 Å². The SMILES string of the molecule is Cc1cc(F)c(B(O)O)cc1Br. The number of hydrogen-bond acceptors (Lipinski definition) is 2. The smallest absolute Gasteiger partial charge is 0.423 e. The molecule has 0 aliphatic heterocycles. The molecule has 0 aliphatic rings. The van der Waals surface area contributed by atoms with Crippen LogP contribution in [0.3, 0.4) is 0 Å². The highest BCUT2D eigenvalue weighted by Gasteiger charge is 2.17. The van der Waals surface area contributed by atoms with Crippen molar-refractivity contribution in [2.45, 2.75) is 6.92 Å². The molecule has 0 saturated heterocycles. The van der Waals surface area contributed by atoms with Gasteiger partial charge >= 0.3 is 7.12 Å². The molecule has 1 aromatic carbocycles. The van der Waals surface area contributed by atoms with Crippen molar-refractivity contribution >= 4 is 28.5 Å². The normalized spacial score (nSPS) is 10.1. The maximum Gasteiger partial charge on any atom is 0.491 e. The van der Waals surface area contributed by atoms with E-state index in [-0.39, 0.29) is 5.46 Å². The Morgan fingerprint density at radius 1 is 1.42 bits per heavy atom. The highest BCUT2D eigenvalue weighted by atomic mass is 79.9. The standard InChI is InChI=1S/C7H7BBrFO2/c1-4-2-7(10)5(8(11)12)3-6(4)9/h2-3,11-12H,1H3. The van der Waals surface area contributed by atoms with Crippen molar-refractivity contribution in [3.63, 3.8) is 0 Å². The van der Waals surface area contributed by atoms with Crippen LogP contribution in [0.2, 0.25) is 0 Å². The Hall–Kier alpha value is -0.385. The third-order valence-corrected chi connectivity index (χ3v) is 2.41. The van der Waals surface area contributed by atoms with Crippen LogP contribution >= 0.6 is 15.9 Å². The lowest BCUT2D eigenvalue weighted by atomic mass is 9.79. The fourth-order valence-electron chi connectivity index (χ4n) is 0.860. The van der Waals surface area contributed by atoms with Gasteiger partial charge in [-0.05, 0) is 24.6 Å². The second kappa shape index (κ2) is 3.55. The van der Waals surface area contributed by atoms with Gasteiger partial charge in [-0.25, -0.2) is 4.39 Å². The van der Waals surface area contributed by atoms with Crippen molar-refractivity contribution in [3.05, 3.63) is 28.0 Å². The van der Waals surface area contributed by atoms with Crippen LogP contribution in [0.1, 0.15) is 5.56 Å². The van der Waals surface area contributed by atoms with Crippen LogP contribution in [0, 0.1) is 12.7 Å². The fourth-order valence-corrected chi connectivity index (χ4v) is 1.22. The number of aryl methyl sites for hydroxylation is 1. The van der Waals surface area contributed by atoms with Crippen LogP contribution in [0.15, 0.2) is 16.6 Å². The number of rotatable bonds is 1. The molecule has 2 N–H and O–H groups in total. The first-order valence-corrected chi connectivity index (χ1v) is 4.13. The highest BCUT2D eigenvalue weighted by molar-refractivity contribution is 9.10. The molecule has 0 amide bonds. The molecule has 64 valence electrons. The van der Waals surface area contributed by atoms with E-state index in [1.807, 2.05) is 0 Å². The van der Waals surface area contributed by atoms with Crippen molar-refractivity contribution < 1.29 is 14.4 Å². The number of benzene rings is 1. The summed E-state index contributed by atoms with van der Waals surface area (Å²) in [4.78, 5) is 0. The minimum absolute atomic E-state index is 0.118. The van der Waals surface area contributed by atoms with Gasteiger partial charge in [0, 0.05) is 9.94 Å². The summed E-state index contributed by atoms with van der Waals surface area (Å²) in [6.07, 6.45) is 0. The monoisotopic (exact) mass is 232 g/mol. The van der Waals surface area contributed by atoms with Crippen LogP contribution < -0.4 is 5.46 Å². The van der Waals surface area contributed by atoms with Gasteiger partial charge in [-0.2, -0.15) is 0 Å². The second-order valence-corrected chi connectivity index (χ2v) is 3.35. The Morgan fingerprint density at radius 2 is 2.00 bits per heavy atom. The van der Waals surface area contributed by atoms with Crippen molar-refractivity contribution in [2.75, 3.05) is 0 Å². The summed E-state index contributed by atoms with van der Waals surface area (Å²) in [5.74, 6) is -0.606. The lowest BCUT2D eigenvalue weighted by molar-refractivity contribution is 0.423. The van der Waals surface area contributed by atoms with E-state index in [1.54, 1.807) is 6.92 Å². The summed E-state index contributed by atoms with van der Waals surface area (Å²) in [5, 5.41) is 17.4. The van der Waals surface area contributed by atoms with E-state index in [0.717, 1.165) is 5.56 Å². The molecule has 1 aromatic rings. The molecule has 0 bridgehead atoms. The average Bonchev–Trinajstić information content (AvgIpc) is 1.96. The van der Waals surface area contributed by atoms with Crippen LogP contribution in [-0.4, -0.2) is 17.2 Å². The summed E-state index contributed by atoms with van der Waals surface area (Å²) in [6, 6.07) is 2.61. The first kappa shape index (κ1) is 9.70. The zero-order valence-corrected chi connectivity index (χ0v) is 7.97. The maximum atomic E-state index is 12.9. The lowest BCUT2D eigenvalue weighted by Gasteiger charge is -2.04. The molecular formula is C7H7BBrFO2. The summed E-state index contributed by atoms with van der Waals surface area (Å²) >= 11 is 3.16. The number of hydrogen-bond donors (Lipinski definition) is 2. The van der Waals surface area contributed by atoms with Gasteiger partial charge in [0.1, 0.15) is 5.82 Å². The molecule has 0 aromatic heterocycles. The third kappa shape index (κ3) is 1.85. The van der Waals surface area contributed by atoms with Gasteiger partial charge in [0.15, 0.2) is 0 Å². The van der Waals surface area contributed by atoms with E-state index in [4.69, 9.17) is 10.0 Å².